The van der Waals surface area contributed by atoms with Crippen LogP contribution < -0.4 is 0 Å². The summed E-state index contributed by atoms with van der Waals surface area (Å²) in [5.41, 5.74) is -1.84. The molecular weight excluding hydrogens is 316 g/mol. The molecule has 0 aromatic carbocycles. The second kappa shape index (κ2) is 5.28. The van der Waals surface area contributed by atoms with Crippen LogP contribution in [0.25, 0.3) is 0 Å². The summed E-state index contributed by atoms with van der Waals surface area (Å²) < 4.78 is 23.8. The van der Waals surface area contributed by atoms with E-state index in [-0.39, 0.29) is 43.0 Å². The SMILES string of the molecule is [2H]C([2H])([2H])[C@]1(O)CC[C@H]2[C@@H]3CCC4=CC(=O)C(CO)=C[C@]4(C)[C@H]3[C@H](O)C[C@@]21C. The molecule has 0 spiro atoms. The fraction of sp³-hybridized carbons (Fsp3) is 0.762. The van der Waals surface area contributed by atoms with Crippen LogP contribution in [0.5, 0.6) is 0 Å². The van der Waals surface area contributed by atoms with E-state index in [9.17, 15) is 20.1 Å². The Morgan fingerprint density at radius 2 is 2.12 bits per heavy atom. The molecule has 3 fully saturated rings. The summed E-state index contributed by atoms with van der Waals surface area (Å²) in [6.07, 6.45) is 5.23. The highest BCUT2D eigenvalue weighted by Crippen LogP contribution is 2.66. The molecule has 0 heterocycles. The lowest BCUT2D eigenvalue weighted by Gasteiger charge is -2.59. The number of carbonyl (C=O) groups is 1. The lowest BCUT2D eigenvalue weighted by atomic mass is 9.46. The number of aliphatic hydroxyl groups excluding tert-OH is 2. The zero-order valence-electron chi connectivity index (χ0n) is 18.0. The van der Waals surface area contributed by atoms with Gasteiger partial charge in [0.25, 0.3) is 0 Å². The number of hydrogen-bond donors (Lipinski definition) is 3. The van der Waals surface area contributed by atoms with Crippen molar-refractivity contribution < 1.29 is 24.2 Å². The van der Waals surface area contributed by atoms with Gasteiger partial charge in [0.1, 0.15) is 0 Å². The van der Waals surface area contributed by atoms with Crippen LogP contribution in [-0.4, -0.2) is 39.4 Å². The molecule has 0 radical (unpaired) electrons. The highest BCUT2D eigenvalue weighted by atomic mass is 16.3. The Morgan fingerprint density at radius 3 is 2.80 bits per heavy atom. The Bertz CT molecular complexity index is 772. The van der Waals surface area contributed by atoms with E-state index < -0.39 is 29.4 Å². The number of carbonyl (C=O) groups excluding carboxylic acids is 1. The molecule has 0 saturated heterocycles. The molecular formula is C21H30O4. The molecule has 0 amide bonds. The number of allylic oxidation sites excluding steroid dienone is 3. The van der Waals surface area contributed by atoms with Gasteiger partial charge in [0.15, 0.2) is 5.78 Å². The van der Waals surface area contributed by atoms with Gasteiger partial charge in [-0.15, -0.1) is 0 Å². The molecule has 4 heteroatoms. The van der Waals surface area contributed by atoms with Gasteiger partial charge >= 0.3 is 0 Å². The summed E-state index contributed by atoms with van der Waals surface area (Å²) in [4.78, 5) is 12.2. The lowest BCUT2D eigenvalue weighted by molar-refractivity contribution is -0.158. The monoisotopic (exact) mass is 349 g/mol. The number of hydrogen-bond acceptors (Lipinski definition) is 4. The molecule has 4 rings (SSSR count). The zero-order valence-corrected chi connectivity index (χ0v) is 15.0. The van der Waals surface area contributed by atoms with E-state index in [1.165, 1.54) is 0 Å². The van der Waals surface area contributed by atoms with Gasteiger partial charge in [0, 0.05) is 26.4 Å². The van der Waals surface area contributed by atoms with Gasteiger partial charge in [0.2, 0.25) is 0 Å². The van der Waals surface area contributed by atoms with Crippen molar-refractivity contribution >= 4 is 5.78 Å². The minimum atomic E-state index is -2.49. The Kier molecular flexibility index (Phi) is 2.98. The normalized spacial score (nSPS) is 54.3. The van der Waals surface area contributed by atoms with E-state index in [0.717, 1.165) is 12.0 Å². The highest BCUT2D eigenvalue weighted by Gasteiger charge is 2.64. The maximum Gasteiger partial charge on any atom is 0.183 e. The van der Waals surface area contributed by atoms with E-state index in [1.807, 2.05) is 19.9 Å². The average molecular weight is 349 g/mol. The molecule has 0 bridgehead atoms. The smallest absolute Gasteiger partial charge is 0.183 e. The maximum atomic E-state index is 12.2. The van der Waals surface area contributed by atoms with Gasteiger partial charge in [-0.05, 0) is 56.9 Å². The first-order chi connectivity index (χ1) is 12.9. The number of ketones is 1. The molecule has 4 aliphatic carbocycles. The van der Waals surface area contributed by atoms with Crippen molar-refractivity contribution in [2.24, 2.45) is 28.6 Å². The van der Waals surface area contributed by atoms with Crippen molar-refractivity contribution in [2.75, 3.05) is 6.61 Å². The van der Waals surface area contributed by atoms with E-state index in [0.29, 0.717) is 18.4 Å². The second-order valence-electron chi connectivity index (χ2n) is 9.07. The van der Waals surface area contributed by atoms with Gasteiger partial charge in [-0.25, -0.2) is 0 Å². The summed E-state index contributed by atoms with van der Waals surface area (Å²) in [6.45, 7) is 1.04. The minimum Gasteiger partial charge on any atom is -0.393 e. The summed E-state index contributed by atoms with van der Waals surface area (Å²) in [6, 6.07) is 0. The van der Waals surface area contributed by atoms with E-state index in [2.05, 4.69) is 0 Å². The van der Waals surface area contributed by atoms with Crippen molar-refractivity contribution in [1.82, 2.24) is 0 Å². The number of fused-ring (bicyclic) bond motifs is 5. The van der Waals surface area contributed by atoms with Crippen LogP contribution in [-0.2, 0) is 4.79 Å². The molecule has 3 N–H and O–H groups in total. The fourth-order valence-corrected chi connectivity index (χ4v) is 6.63. The van der Waals surface area contributed by atoms with Crippen molar-refractivity contribution in [2.45, 2.75) is 64.5 Å². The molecule has 0 aliphatic heterocycles. The lowest BCUT2D eigenvalue weighted by Crippen LogP contribution is -2.58. The quantitative estimate of drug-likeness (QED) is 0.679. The Hall–Kier alpha value is -0.970. The van der Waals surface area contributed by atoms with Crippen LogP contribution in [0, 0.1) is 28.6 Å². The van der Waals surface area contributed by atoms with Gasteiger partial charge in [0.05, 0.1) is 18.3 Å². The third kappa shape index (κ3) is 2.14. The van der Waals surface area contributed by atoms with E-state index >= 15 is 0 Å². The second-order valence-corrected chi connectivity index (χ2v) is 9.07. The summed E-state index contributed by atoms with van der Waals surface area (Å²) in [5.74, 6) is -0.245. The highest BCUT2D eigenvalue weighted by molar-refractivity contribution is 6.06. The van der Waals surface area contributed by atoms with Gasteiger partial charge in [-0.1, -0.05) is 25.5 Å². The molecule has 3 saturated carbocycles. The topological polar surface area (TPSA) is 77.8 Å². The van der Waals surface area contributed by atoms with E-state index in [4.69, 9.17) is 4.11 Å². The van der Waals surface area contributed by atoms with Crippen LogP contribution >= 0.6 is 0 Å². The van der Waals surface area contributed by atoms with Crippen molar-refractivity contribution in [3.8, 4) is 0 Å². The molecule has 4 nitrogen and oxygen atoms in total. The first kappa shape index (κ1) is 14.1. The van der Waals surface area contributed by atoms with Crippen LogP contribution in [0.15, 0.2) is 23.3 Å². The molecule has 0 unspecified atom stereocenters. The molecule has 25 heavy (non-hydrogen) atoms. The maximum absolute atomic E-state index is 12.2. The third-order valence-electron chi connectivity index (χ3n) is 8.00. The Labute approximate surface area is 153 Å². The first-order valence-corrected chi connectivity index (χ1v) is 9.37. The van der Waals surface area contributed by atoms with E-state index in [1.54, 1.807) is 6.08 Å². The Morgan fingerprint density at radius 1 is 1.36 bits per heavy atom. The van der Waals surface area contributed by atoms with Crippen LogP contribution in [0.3, 0.4) is 0 Å². The van der Waals surface area contributed by atoms with Crippen LogP contribution in [0.4, 0.5) is 0 Å². The molecule has 4 aliphatic rings. The number of aliphatic hydroxyl groups is 3. The van der Waals surface area contributed by atoms with Gasteiger partial charge < -0.3 is 15.3 Å². The largest absolute Gasteiger partial charge is 0.393 e. The average Bonchev–Trinajstić information content (AvgIpc) is 2.86. The van der Waals surface area contributed by atoms with Gasteiger partial charge in [-0.2, -0.15) is 0 Å². The molecule has 0 aromatic heterocycles. The predicted molar refractivity (Wildman–Crippen MR) is 94.7 cm³/mol. The molecule has 7 atom stereocenters. The molecule has 0 aromatic rings. The third-order valence-corrected chi connectivity index (χ3v) is 8.00. The van der Waals surface area contributed by atoms with Crippen molar-refractivity contribution in [3.63, 3.8) is 0 Å². The predicted octanol–water partition coefficient (Wildman–Crippen LogP) is 2.38. The zero-order chi connectivity index (χ0) is 20.7. The standard InChI is InChI=1S/C21H30O4/c1-19-9-12(11-22)16(23)8-13(19)4-5-14-15-6-7-21(3,25)20(15,2)10-17(24)18(14)19/h8-9,14-15,17-18,22,24-25H,4-7,10-11H2,1-3H3/t14-,15-,17+,18+,19-,20-,21-/m0/s1/i3D3. The van der Waals surface area contributed by atoms with Crippen molar-refractivity contribution in [3.05, 3.63) is 23.3 Å². The van der Waals surface area contributed by atoms with Crippen LogP contribution in [0.1, 0.15) is 56.9 Å². The number of rotatable bonds is 1. The summed E-state index contributed by atoms with van der Waals surface area (Å²) >= 11 is 0. The van der Waals surface area contributed by atoms with Gasteiger partial charge in [-0.3, -0.25) is 4.79 Å². The summed E-state index contributed by atoms with van der Waals surface area (Å²) in [7, 11) is 0. The fourth-order valence-electron chi connectivity index (χ4n) is 6.63. The minimum absolute atomic E-state index is 0.00769. The summed E-state index contributed by atoms with van der Waals surface area (Å²) in [5, 5.41) is 32.1. The van der Waals surface area contributed by atoms with Crippen molar-refractivity contribution in [1.29, 1.82) is 0 Å². The van der Waals surface area contributed by atoms with Crippen LogP contribution in [0.2, 0.25) is 0 Å². The Balaban J connectivity index is 1.77. The molecule has 138 valence electrons. The first-order valence-electron chi connectivity index (χ1n) is 10.9.